The molecule has 0 saturated heterocycles. The topological polar surface area (TPSA) is 53.4 Å². The van der Waals surface area contributed by atoms with Gasteiger partial charge in [-0.15, -0.1) is 0 Å². The minimum absolute atomic E-state index is 0.252. The number of hydrogen-bond donors (Lipinski definition) is 1. The number of anilines is 2. The first-order valence-electron chi connectivity index (χ1n) is 6.23. The van der Waals surface area contributed by atoms with Crippen LogP contribution in [0.1, 0.15) is 21.6 Å². The van der Waals surface area contributed by atoms with Crippen LogP contribution in [-0.4, -0.2) is 22.6 Å². The van der Waals surface area contributed by atoms with Crippen molar-refractivity contribution in [1.29, 1.82) is 0 Å². The predicted octanol–water partition coefficient (Wildman–Crippen LogP) is 2.78. The molecule has 1 aromatic carbocycles. The van der Waals surface area contributed by atoms with Crippen LogP contribution in [-0.2, 0) is 6.42 Å². The Hall–Kier alpha value is -2.36. The first-order valence-corrected chi connectivity index (χ1v) is 6.23. The Bertz CT molecular complexity index is 652. The highest BCUT2D eigenvalue weighted by atomic mass is 16.4. The third-order valence-electron chi connectivity index (χ3n) is 3.39. The molecule has 2 heterocycles. The largest absolute Gasteiger partial charge is 0.478 e. The molecule has 2 aromatic rings. The van der Waals surface area contributed by atoms with Gasteiger partial charge < -0.3 is 10.0 Å². The van der Waals surface area contributed by atoms with Gasteiger partial charge >= 0.3 is 5.97 Å². The lowest BCUT2D eigenvalue weighted by Crippen LogP contribution is -2.19. The second-order valence-corrected chi connectivity index (χ2v) is 4.66. The smallest absolute Gasteiger partial charge is 0.339 e. The molecule has 0 atom stereocenters. The van der Waals surface area contributed by atoms with Crippen LogP contribution in [0.5, 0.6) is 0 Å². The van der Waals surface area contributed by atoms with Gasteiger partial charge in [0, 0.05) is 17.9 Å². The zero-order chi connectivity index (χ0) is 13.4. The summed E-state index contributed by atoms with van der Waals surface area (Å²) < 4.78 is 0. The SMILES string of the molecule is Cc1ccc(C(=O)O)c(N2CCc3ccccc32)n1. The zero-order valence-electron chi connectivity index (χ0n) is 10.6. The number of aryl methyl sites for hydroxylation is 1. The van der Waals surface area contributed by atoms with E-state index in [2.05, 4.69) is 11.1 Å². The van der Waals surface area contributed by atoms with Crippen molar-refractivity contribution in [3.63, 3.8) is 0 Å². The fraction of sp³-hybridized carbons (Fsp3) is 0.200. The van der Waals surface area contributed by atoms with Gasteiger partial charge in [0.2, 0.25) is 0 Å². The maximum Gasteiger partial charge on any atom is 0.339 e. The number of carbonyl (C=O) groups is 1. The highest BCUT2D eigenvalue weighted by molar-refractivity contribution is 5.94. The van der Waals surface area contributed by atoms with Crippen LogP contribution in [0.2, 0.25) is 0 Å². The lowest BCUT2D eigenvalue weighted by atomic mass is 10.2. The van der Waals surface area contributed by atoms with Gasteiger partial charge in [0.15, 0.2) is 0 Å². The average molecular weight is 254 g/mol. The molecule has 0 spiro atoms. The molecular formula is C15H14N2O2. The van der Waals surface area contributed by atoms with Crippen molar-refractivity contribution in [3.05, 3.63) is 53.2 Å². The molecule has 0 fully saturated rings. The summed E-state index contributed by atoms with van der Waals surface area (Å²) >= 11 is 0. The van der Waals surface area contributed by atoms with Crippen LogP contribution in [0.3, 0.4) is 0 Å². The number of carboxylic acids is 1. The summed E-state index contributed by atoms with van der Waals surface area (Å²) in [6.07, 6.45) is 0.921. The van der Waals surface area contributed by atoms with Crippen molar-refractivity contribution in [2.45, 2.75) is 13.3 Å². The highest BCUT2D eigenvalue weighted by Crippen LogP contribution is 2.34. The number of rotatable bonds is 2. The number of nitrogens with zero attached hydrogens (tertiary/aromatic N) is 2. The number of para-hydroxylation sites is 1. The monoisotopic (exact) mass is 254 g/mol. The van der Waals surface area contributed by atoms with Crippen molar-refractivity contribution in [2.24, 2.45) is 0 Å². The zero-order valence-corrected chi connectivity index (χ0v) is 10.6. The molecule has 0 saturated carbocycles. The lowest BCUT2D eigenvalue weighted by molar-refractivity contribution is 0.0697. The Morgan fingerprint density at radius 2 is 2.05 bits per heavy atom. The molecule has 0 amide bonds. The van der Waals surface area contributed by atoms with Gasteiger partial charge in [0.05, 0.1) is 0 Å². The predicted molar refractivity (Wildman–Crippen MR) is 73.1 cm³/mol. The van der Waals surface area contributed by atoms with E-state index in [-0.39, 0.29) is 5.56 Å². The molecule has 1 aliphatic heterocycles. The summed E-state index contributed by atoms with van der Waals surface area (Å²) in [5, 5.41) is 9.30. The van der Waals surface area contributed by atoms with E-state index in [1.807, 2.05) is 30.0 Å². The van der Waals surface area contributed by atoms with E-state index in [1.54, 1.807) is 12.1 Å². The molecule has 19 heavy (non-hydrogen) atoms. The summed E-state index contributed by atoms with van der Waals surface area (Å²) in [7, 11) is 0. The van der Waals surface area contributed by atoms with Crippen molar-refractivity contribution < 1.29 is 9.90 Å². The molecule has 96 valence electrons. The van der Waals surface area contributed by atoms with Crippen LogP contribution in [0, 0.1) is 6.92 Å². The van der Waals surface area contributed by atoms with E-state index in [0.717, 1.165) is 24.3 Å². The second-order valence-electron chi connectivity index (χ2n) is 4.66. The van der Waals surface area contributed by atoms with Crippen molar-refractivity contribution in [1.82, 2.24) is 4.98 Å². The number of hydrogen-bond acceptors (Lipinski definition) is 3. The van der Waals surface area contributed by atoms with Crippen LogP contribution in [0.4, 0.5) is 11.5 Å². The molecule has 1 aromatic heterocycles. The number of benzene rings is 1. The molecule has 4 nitrogen and oxygen atoms in total. The normalized spacial score (nSPS) is 13.4. The van der Waals surface area contributed by atoms with E-state index in [9.17, 15) is 9.90 Å². The average Bonchev–Trinajstić information content (AvgIpc) is 2.82. The Morgan fingerprint density at radius 3 is 2.84 bits per heavy atom. The standard InChI is InChI=1S/C15H14N2O2/c1-10-6-7-12(15(18)19)14(16-10)17-9-8-11-4-2-3-5-13(11)17/h2-7H,8-9H2,1H3,(H,18,19). The van der Waals surface area contributed by atoms with Gasteiger partial charge in [0.1, 0.15) is 11.4 Å². The van der Waals surface area contributed by atoms with Crippen molar-refractivity contribution in [2.75, 3.05) is 11.4 Å². The first-order chi connectivity index (χ1) is 9.16. The minimum Gasteiger partial charge on any atom is -0.478 e. The van der Waals surface area contributed by atoms with E-state index in [1.165, 1.54) is 5.56 Å². The van der Waals surface area contributed by atoms with Crippen LogP contribution >= 0.6 is 0 Å². The summed E-state index contributed by atoms with van der Waals surface area (Å²) in [6, 6.07) is 11.4. The van der Waals surface area contributed by atoms with E-state index >= 15 is 0 Å². The summed E-state index contributed by atoms with van der Waals surface area (Å²) in [6.45, 7) is 2.65. The Kier molecular flexibility index (Phi) is 2.71. The number of carboxylic acid groups (broad SMARTS) is 1. The molecule has 1 N–H and O–H groups in total. The molecule has 3 rings (SSSR count). The van der Waals surface area contributed by atoms with Crippen molar-refractivity contribution >= 4 is 17.5 Å². The molecule has 1 aliphatic rings. The van der Waals surface area contributed by atoms with Gasteiger partial charge in [-0.05, 0) is 37.1 Å². The molecule has 0 bridgehead atoms. The molecular weight excluding hydrogens is 240 g/mol. The Labute approximate surface area is 111 Å². The van der Waals surface area contributed by atoms with Crippen LogP contribution in [0.15, 0.2) is 36.4 Å². The Morgan fingerprint density at radius 1 is 1.26 bits per heavy atom. The van der Waals surface area contributed by atoms with Gasteiger partial charge in [-0.1, -0.05) is 18.2 Å². The van der Waals surface area contributed by atoms with Crippen LogP contribution < -0.4 is 4.90 Å². The number of aromatic nitrogens is 1. The van der Waals surface area contributed by atoms with Gasteiger partial charge in [-0.2, -0.15) is 0 Å². The summed E-state index contributed by atoms with van der Waals surface area (Å²) in [4.78, 5) is 17.7. The van der Waals surface area contributed by atoms with E-state index in [0.29, 0.717) is 5.82 Å². The fourth-order valence-corrected chi connectivity index (χ4v) is 2.47. The minimum atomic E-state index is -0.938. The van der Waals surface area contributed by atoms with E-state index < -0.39 is 5.97 Å². The third kappa shape index (κ3) is 1.95. The number of pyridine rings is 1. The maximum atomic E-state index is 11.3. The van der Waals surface area contributed by atoms with Gasteiger partial charge in [0.25, 0.3) is 0 Å². The molecule has 0 radical (unpaired) electrons. The fourth-order valence-electron chi connectivity index (χ4n) is 2.47. The van der Waals surface area contributed by atoms with Gasteiger partial charge in [-0.3, -0.25) is 0 Å². The molecule has 0 unspecified atom stereocenters. The molecule has 0 aliphatic carbocycles. The Balaban J connectivity index is 2.13. The number of aromatic carboxylic acids is 1. The van der Waals surface area contributed by atoms with Crippen molar-refractivity contribution in [3.8, 4) is 0 Å². The molecule has 4 heteroatoms. The first kappa shape index (κ1) is 11.7. The van der Waals surface area contributed by atoms with Gasteiger partial charge in [-0.25, -0.2) is 9.78 Å². The van der Waals surface area contributed by atoms with Crippen LogP contribution in [0.25, 0.3) is 0 Å². The maximum absolute atomic E-state index is 11.3. The quantitative estimate of drug-likeness (QED) is 0.895. The van der Waals surface area contributed by atoms with E-state index in [4.69, 9.17) is 0 Å². The summed E-state index contributed by atoms with van der Waals surface area (Å²) in [5.41, 5.74) is 3.37. The third-order valence-corrected chi connectivity index (χ3v) is 3.39. The number of fused-ring (bicyclic) bond motifs is 1. The highest BCUT2D eigenvalue weighted by Gasteiger charge is 2.25. The second kappa shape index (κ2) is 4.39. The summed E-state index contributed by atoms with van der Waals surface area (Å²) in [5.74, 6) is -0.399. The lowest BCUT2D eigenvalue weighted by Gasteiger charge is -2.20.